The van der Waals surface area contributed by atoms with Crippen molar-refractivity contribution >= 4 is 6.08 Å². The zero-order valence-corrected chi connectivity index (χ0v) is 16.7. The second-order valence-corrected chi connectivity index (χ2v) is 6.64. The highest BCUT2D eigenvalue weighted by molar-refractivity contribution is 5.73. The summed E-state index contributed by atoms with van der Waals surface area (Å²) in [5.74, 6) is 1.70. The summed E-state index contributed by atoms with van der Waals surface area (Å²) < 4.78 is 12.0. The van der Waals surface area contributed by atoms with Crippen molar-refractivity contribution < 1.29 is 9.47 Å². The normalized spacial score (nSPS) is 11.1. The van der Waals surface area contributed by atoms with E-state index in [2.05, 4.69) is 63.3 Å². The summed E-state index contributed by atoms with van der Waals surface area (Å²) in [5.41, 5.74) is 4.88. The molecule has 2 nitrogen and oxygen atoms in total. The lowest BCUT2D eigenvalue weighted by Gasteiger charge is -2.15. The van der Waals surface area contributed by atoms with Gasteiger partial charge in [-0.2, -0.15) is 0 Å². The molecule has 2 rings (SSSR count). The van der Waals surface area contributed by atoms with Gasteiger partial charge < -0.3 is 9.47 Å². The Morgan fingerprint density at radius 3 is 2.19 bits per heavy atom. The largest absolute Gasteiger partial charge is 0.490 e. The van der Waals surface area contributed by atoms with E-state index in [0.29, 0.717) is 0 Å². The number of hydrogen-bond donors (Lipinski definition) is 0. The predicted octanol–water partition coefficient (Wildman–Crippen LogP) is 7.05. The van der Waals surface area contributed by atoms with Crippen LogP contribution < -0.4 is 9.47 Å². The molecule has 0 N–H and O–H groups in total. The fourth-order valence-corrected chi connectivity index (χ4v) is 2.81. The maximum absolute atomic E-state index is 6.05. The van der Waals surface area contributed by atoms with Gasteiger partial charge >= 0.3 is 0 Å². The minimum absolute atomic E-state index is 0.724. The van der Waals surface area contributed by atoms with Gasteiger partial charge in [-0.25, -0.2) is 0 Å². The van der Waals surface area contributed by atoms with E-state index in [1.54, 1.807) is 0 Å². The molecule has 0 fully saturated rings. The number of hydrogen-bond acceptors (Lipinski definition) is 2. The van der Waals surface area contributed by atoms with Crippen LogP contribution in [0.3, 0.4) is 0 Å². The summed E-state index contributed by atoms with van der Waals surface area (Å²) in [6.07, 6.45) is 8.55. The van der Waals surface area contributed by atoms with Crippen molar-refractivity contribution in [3.63, 3.8) is 0 Å². The molecule has 0 saturated carbocycles. The summed E-state index contributed by atoms with van der Waals surface area (Å²) in [4.78, 5) is 0. The van der Waals surface area contributed by atoms with Crippen LogP contribution >= 0.6 is 0 Å². The number of unbranched alkanes of at least 4 members (excludes halogenated alkanes) is 2. The monoisotopic (exact) mass is 352 g/mol. The fourth-order valence-electron chi connectivity index (χ4n) is 2.81. The summed E-state index contributed by atoms with van der Waals surface area (Å²) in [6.45, 7) is 10.00. The number of aryl methyl sites for hydroxylation is 1. The molecule has 2 aromatic carbocycles. The Bertz CT molecular complexity index is 716. The van der Waals surface area contributed by atoms with E-state index in [1.807, 2.05) is 13.0 Å². The SMILES string of the molecule is C/C=C/c1ccc(C)c(-c2ccc(OCCCC)c(OCCCC)c2)c1. The molecule has 0 aliphatic carbocycles. The van der Waals surface area contributed by atoms with Crippen molar-refractivity contribution in [1.82, 2.24) is 0 Å². The number of allylic oxidation sites excluding steroid dienone is 1. The van der Waals surface area contributed by atoms with Gasteiger partial charge in [0.2, 0.25) is 0 Å². The first-order valence-corrected chi connectivity index (χ1v) is 9.83. The van der Waals surface area contributed by atoms with Crippen molar-refractivity contribution in [3.8, 4) is 22.6 Å². The Balaban J connectivity index is 2.34. The van der Waals surface area contributed by atoms with E-state index in [9.17, 15) is 0 Å². The Morgan fingerprint density at radius 1 is 0.846 bits per heavy atom. The summed E-state index contributed by atoms with van der Waals surface area (Å²) in [6, 6.07) is 12.9. The van der Waals surface area contributed by atoms with Crippen LogP contribution in [-0.4, -0.2) is 13.2 Å². The highest BCUT2D eigenvalue weighted by Crippen LogP contribution is 2.35. The zero-order valence-electron chi connectivity index (χ0n) is 16.7. The van der Waals surface area contributed by atoms with Crippen molar-refractivity contribution in [2.24, 2.45) is 0 Å². The van der Waals surface area contributed by atoms with Crippen molar-refractivity contribution in [1.29, 1.82) is 0 Å². The number of rotatable bonds is 10. The summed E-state index contributed by atoms with van der Waals surface area (Å²) in [5, 5.41) is 0. The van der Waals surface area contributed by atoms with Gasteiger partial charge in [-0.1, -0.05) is 57.0 Å². The van der Waals surface area contributed by atoms with Gasteiger partial charge in [-0.15, -0.1) is 0 Å². The van der Waals surface area contributed by atoms with Crippen LogP contribution in [0.2, 0.25) is 0 Å². The second kappa shape index (κ2) is 10.7. The molecule has 2 heteroatoms. The molecule has 0 amide bonds. The quantitative estimate of drug-likeness (QED) is 0.426. The fraction of sp³-hybridized carbons (Fsp3) is 0.417. The van der Waals surface area contributed by atoms with Gasteiger partial charge in [-0.05, 0) is 67.1 Å². The predicted molar refractivity (Wildman–Crippen MR) is 112 cm³/mol. The molecular formula is C24H32O2. The van der Waals surface area contributed by atoms with Gasteiger partial charge in [0.1, 0.15) is 0 Å². The average molecular weight is 353 g/mol. The standard InChI is InChI=1S/C24H32O2/c1-5-8-15-25-23-14-13-21(18-24(23)26-16-9-6-2)22-17-20(10-7-3)12-11-19(22)4/h7,10-14,17-18H,5-6,8-9,15-16H2,1-4H3/b10-7+. The summed E-state index contributed by atoms with van der Waals surface area (Å²) >= 11 is 0. The molecule has 0 aromatic heterocycles. The molecule has 140 valence electrons. The molecule has 26 heavy (non-hydrogen) atoms. The molecule has 0 saturated heterocycles. The third-order valence-electron chi connectivity index (χ3n) is 4.39. The maximum Gasteiger partial charge on any atom is 0.161 e. The Labute approximate surface area is 158 Å². The van der Waals surface area contributed by atoms with E-state index in [0.717, 1.165) is 50.4 Å². The second-order valence-electron chi connectivity index (χ2n) is 6.64. The van der Waals surface area contributed by atoms with E-state index in [1.165, 1.54) is 22.3 Å². The molecular weight excluding hydrogens is 320 g/mol. The molecule has 2 aromatic rings. The van der Waals surface area contributed by atoms with Gasteiger partial charge in [0.25, 0.3) is 0 Å². The first-order valence-electron chi connectivity index (χ1n) is 9.83. The van der Waals surface area contributed by atoms with Crippen molar-refractivity contribution in [2.75, 3.05) is 13.2 Å². The van der Waals surface area contributed by atoms with Gasteiger partial charge in [-0.3, -0.25) is 0 Å². The van der Waals surface area contributed by atoms with E-state index in [-0.39, 0.29) is 0 Å². The van der Waals surface area contributed by atoms with Gasteiger partial charge in [0.15, 0.2) is 11.5 Å². The highest BCUT2D eigenvalue weighted by Gasteiger charge is 2.10. The molecule has 0 aliphatic rings. The van der Waals surface area contributed by atoms with Crippen molar-refractivity contribution in [3.05, 3.63) is 53.6 Å². The van der Waals surface area contributed by atoms with Gasteiger partial charge in [0, 0.05) is 0 Å². The molecule has 0 aliphatic heterocycles. The Morgan fingerprint density at radius 2 is 1.54 bits per heavy atom. The number of ether oxygens (including phenoxy) is 2. The van der Waals surface area contributed by atoms with Crippen LogP contribution in [0.4, 0.5) is 0 Å². The highest BCUT2D eigenvalue weighted by atomic mass is 16.5. The van der Waals surface area contributed by atoms with E-state index in [4.69, 9.17) is 9.47 Å². The topological polar surface area (TPSA) is 18.5 Å². The van der Waals surface area contributed by atoms with Crippen LogP contribution in [0.5, 0.6) is 11.5 Å². The smallest absolute Gasteiger partial charge is 0.161 e. The first kappa shape index (κ1) is 20.1. The lowest BCUT2D eigenvalue weighted by atomic mass is 9.97. The molecule has 0 atom stereocenters. The molecule has 0 radical (unpaired) electrons. The summed E-state index contributed by atoms with van der Waals surface area (Å²) in [7, 11) is 0. The van der Waals surface area contributed by atoms with Crippen LogP contribution in [0.1, 0.15) is 57.6 Å². The lowest BCUT2D eigenvalue weighted by Crippen LogP contribution is -2.02. The Hall–Kier alpha value is -2.22. The van der Waals surface area contributed by atoms with E-state index < -0.39 is 0 Å². The molecule has 0 spiro atoms. The lowest BCUT2D eigenvalue weighted by molar-refractivity contribution is 0.262. The van der Waals surface area contributed by atoms with E-state index >= 15 is 0 Å². The van der Waals surface area contributed by atoms with Crippen LogP contribution in [0.25, 0.3) is 17.2 Å². The van der Waals surface area contributed by atoms with Crippen LogP contribution in [0, 0.1) is 6.92 Å². The average Bonchev–Trinajstić information content (AvgIpc) is 2.65. The van der Waals surface area contributed by atoms with Crippen LogP contribution in [0.15, 0.2) is 42.5 Å². The number of benzene rings is 2. The molecule has 0 heterocycles. The van der Waals surface area contributed by atoms with Gasteiger partial charge in [0.05, 0.1) is 13.2 Å². The Kier molecular flexibility index (Phi) is 8.27. The molecule has 0 bridgehead atoms. The third kappa shape index (κ3) is 5.66. The third-order valence-corrected chi connectivity index (χ3v) is 4.39. The zero-order chi connectivity index (χ0) is 18.8. The van der Waals surface area contributed by atoms with Crippen LogP contribution in [-0.2, 0) is 0 Å². The minimum Gasteiger partial charge on any atom is -0.490 e. The van der Waals surface area contributed by atoms with Crippen molar-refractivity contribution in [2.45, 2.75) is 53.4 Å². The maximum atomic E-state index is 6.05. The molecule has 0 unspecified atom stereocenters. The minimum atomic E-state index is 0.724. The first-order chi connectivity index (χ1) is 12.7.